The molecule has 0 aromatic heterocycles. The Morgan fingerprint density at radius 1 is 1.35 bits per heavy atom. The topological polar surface area (TPSA) is 35.6 Å². The number of halogens is 1. The van der Waals surface area contributed by atoms with Gasteiger partial charge in [-0.15, -0.1) is 12.4 Å². The molecule has 2 fully saturated rings. The highest BCUT2D eigenvalue weighted by atomic mass is 35.5. The van der Waals surface area contributed by atoms with E-state index in [1.54, 1.807) is 11.8 Å². The van der Waals surface area contributed by atoms with E-state index in [1.807, 2.05) is 11.2 Å². The van der Waals surface area contributed by atoms with Crippen molar-refractivity contribution in [2.45, 2.75) is 12.5 Å². The van der Waals surface area contributed by atoms with Gasteiger partial charge in [0.15, 0.2) is 0 Å². The largest absolute Gasteiger partial charge is 0.340 e. The first kappa shape index (κ1) is 15.1. The molecular formula is C11H22ClN3OS. The number of amides is 1. The summed E-state index contributed by atoms with van der Waals surface area (Å²) < 4.78 is 0. The third kappa shape index (κ3) is 4.02. The Morgan fingerprint density at radius 2 is 2.06 bits per heavy atom. The van der Waals surface area contributed by atoms with Gasteiger partial charge in [0.1, 0.15) is 0 Å². The van der Waals surface area contributed by atoms with Gasteiger partial charge in [0.2, 0.25) is 5.91 Å². The zero-order valence-corrected chi connectivity index (χ0v) is 12.0. The van der Waals surface area contributed by atoms with Crippen LogP contribution in [0.1, 0.15) is 6.42 Å². The SMILES string of the molecule is CSCC(=O)N1CCC(N2CCNCC2)C1.Cl. The zero-order valence-electron chi connectivity index (χ0n) is 10.4. The van der Waals surface area contributed by atoms with Crippen LogP contribution in [0, 0.1) is 0 Å². The van der Waals surface area contributed by atoms with E-state index in [0.29, 0.717) is 17.7 Å². The Balaban J connectivity index is 0.00000144. The van der Waals surface area contributed by atoms with Gasteiger partial charge < -0.3 is 10.2 Å². The highest BCUT2D eigenvalue weighted by molar-refractivity contribution is 7.99. The molecule has 2 aliphatic heterocycles. The van der Waals surface area contributed by atoms with Crippen LogP contribution in [-0.2, 0) is 4.79 Å². The predicted octanol–water partition coefficient (Wildman–Crippen LogP) is 0.277. The van der Waals surface area contributed by atoms with Gasteiger partial charge in [-0.2, -0.15) is 11.8 Å². The summed E-state index contributed by atoms with van der Waals surface area (Å²) in [5, 5.41) is 3.37. The lowest BCUT2D eigenvalue weighted by Gasteiger charge is -2.32. The lowest BCUT2D eigenvalue weighted by atomic mass is 10.2. The van der Waals surface area contributed by atoms with E-state index in [0.717, 1.165) is 45.7 Å². The van der Waals surface area contributed by atoms with Crippen molar-refractivity contribution in [3.63, 3.8) is 0 Å². The van der Waals surface area contributed by atoms with Gasteiger partial charge in [-0.3, -0.25) is 9.69 Å². The van der Waals surface area contributed by atoms with Crippen LogP contribution in [-0.4, -0.2) is 73.0 Å². The van der Waals surface area contributed by atoms with Crippen LogP contribution in [0.15, 0.2) is 0 Å². The number of likely N-dealkylation sites (tertiary alicyclic amines) is 1. The van der Waals surface area contributed by atoms with Crippen LogP contribution in [0.2, 0.25) is 0 Å². The minimum atomic E-state index is 0. The maximum atomic E-state index is 11.7. The minimum absolute atomic E-state index is 0. The molecule has 1 atom stereocenters. The Hall–Kier alpha value is 0.0300. The molecule has 0 spiro atoms. The maximum absolute atomic E-state index is 11.7. The van der Waals surface area contributed by atoms with Crippen molar-refractivity contribution in [3.05, 3.63) is 0 Å². The maximum Gasteiger partial charge on any atom is 0.232 e. The first-order chi connectivity index (χ1) is 7.81. The number of piperazine rings is 1. The van der Waals surface area contributed by atoms with E-state index in [9.17, 15) is 4.79 Å². The van der Waals surface area contributed by atoms with Crippen molar-refractivity contribution in [1.82, 2.24) is 15.1 Å². The van der Waals surface area contributed by atoms with Crippen molar-refractivity contribution in [3.8, 4) is 0 Å². The summed E-state index contributed by atoms with van der Waals surface area (Å²) in [4.78, 5) is 16.3. The molecule has 0 aromatic rings. The predicted molar refractivity (Wildman–Crippen MR) is 75.1 cm³/mol. The average molecular weight is 280 g/mol. The molecule has 17 heavy (non-hydrogen) atoms. The zero-order chi connectivity index (χ0) is 11.4. The van der Waals surface area contributed by atoms with Crippen LogP contribution in [0.5, 0.6) is 0 Å². The first-order valence-electron chi connectivity index (χ1n) is 6.02. The number of carbonyl (C=O) groups is 1. The molecule has 0 aromatic carbocycles. The minimum Gasteiger partial charge on any atom is -0.340 e. The molecule has 0 radical (unpaired) electrons. The summed E-state index contributed by atoms with van der Waals surface area (Å²) in [7, 11) is 0. The van der Waals surface area contributed by atoms with E-state index in [-0.39, 0.29) is 12.4 Å². The molecule has 0 aliphatic carbocycles. The van der Waals surface area contributed by atoms with E-state index in [4.69, 9.17) is 0 Å². The molecule has 2 rings (SSSR count). The number of carbonyl (C=O) groups excluding carboxylic acids is 1. The second-order valence-electron chi connectivity index (χ2n) is 4.50. The van der Waals surface area contributed by atoms with Gasteiger partial charge >= 0.3 is 0 Å². The molecule has 2 heterocycles. The summed E-state index contributed by atoms with van der Waals surface area (Å²) in [6.45, 7) is 6.35. The number of nitrogens with one attached hydrogen (secondary N) is 1. The van der Waals surface area contributed by atoms with Gasteiger partial charge in [-0.25, -0.2) is 0 Å². The van der Waals surface area contributed by atoms with Gasteiger partial charge in [-0.05, 0) is 12.7 Å². The summed E-state index contributed by atoms with van der Waals surface area (Å²) in [6.07, 6.45) is 3.14. The number of hydrogen-bond donors (Lipinski definition) is 1. The Labute approximate surface area is 114 Å². The molecule has 1 amide bonds. The fraction of sp³-hybridized carbons (Fsp3) is 0.909. The van der Waals surface area contributed by atoms with E-state index in [2.05, 4.69) is 10.2 Å². The Kier molecular flexibility index (Phi) is 6.62. The van der Waals surface area contributed by atoms with Crippen LogP contribution in [0.3, 0.4) is 0 Å². The number of hydrogen-bond acceptors (Lipinski definition) is 4. The summed E-state index contributed by atoms with van der Waals surface area (Å²) >= 11 is 1.62. The fourth-order valence-corrected chi connectivity index (χ4v) is 2.96. The van der Waals surface area contributed by atoms with Gasteiger partial charge in [0.25, 0.3) is 0 Å². The molecule has 1 unspecified atom stereocenters. The lowest BCUT2D eigenvalue weighted by Crippen LogP contribution is -2.49. The quantitative estimate of drug-likeness (QED) is 0.805. The van der Waals surface area contributed by atoms with Crippen LogP contribution in [0.25, 0.3) is 0 Å². The average Bonchev–Trinajstić information content (AvgIpc) is 2.80. The van der Waals surface area contributed by atoms with Crippen molar-refractivity contribution >= 4 is 30.1 Å². The molecule has 6 heteroatoms. The number of rotatable bonds is 3. The molecule has 1 N–H and O–H groups in total. The molecule has 0 bridgehead atoms. The lowest BCUT2D eigenvalue weighted by molar-refractivity contribution is -0.127. The van der Waals surface area contributed by atoms with Crippen LogP contribution in [0.4, 0.5) is 0 Å². The van der Waals surface area contributed by atoms with Crippen molar-refractivity contribution in [2.24, 2.45) is 0 Å². The normalized spacial score (nSPS) is 25.7. The molecule has 4 nitrogen and oxygen atoms in total. The molecule has 2 aliphatic rings. The summed E-state index contributed by atoms with van der Waals surface area (Å²) in [5.74, 6) is 0.944. The molecule has 0 saturated carbocycles. The summed E-state index contributed by atoms with van der Waals surface area (Å²) in [5.41, 5.74) is 0. The third-order valence-corrected chi connectivity index (χ3v) is 3.99. The Morgan fingerprint density at radius 3 is 2.71 bits per heavy atom. The number of thioether (sulfide) groups is 1. The van der Waals surface area contributed by atoms with E-state index < -0.39 is 0 Å². The van der Waals surface area contributed by atoms with Crippen molar-refractivity contribution in [2.75, 3.05) is 51.3 Å². The van der Waals surface area contributed by atoms with Gasteiger partial charge in [0, 0.05) is 45.3 Å². The highest BCUT2D eigenvalue weighted by Gasteiger charge is 2.30. The van der Waals surface area contributed by atoms with Crippen LogP contribution < -0.4 is 5.32 Å². The standard InChI is InChI=1S/C11H21N3OS.ClH/c1-16-9-11(15)14-5-2-10(8-14)13-6-3-12-4-7-13;/h10,12H,2-9H2,1H3;1H. The van der Waals surface area contributed by atoms with Crippen LogP contribution >= 0.6 is 24.2 Å². The molecule has 2 saturated heterocycles. The van der Waals surface area contributed by atoms with Crippen molar-refractivity contribution < 1.29 is 4.79 Å². The monoisotopic (exact) mass is 279 g/mol. The second-order valence-corrected chi connectivity index (χ2v) is 5.37. The van der Waals surface area contributed by atoms with E-state index in [1.165, 1.54) is 0 Å². The highest BCUT2D eigenvalue weighted by Crippen LogP contribution is 2.16. The van der Waals surface area contributed by atoms with Gasteiger partial charge in [-0.1, -0.05) is 0 Å². The first-order valence-corrected chi connectivity index (χ1v) is 7.42. The molecular weight excluding hydrogens is 258 g/mol. The summed E-state index contributed by atoms with van der Waals surface area (Å²) in [6, 6.07) is 0.605. The van der Waals surface area contributed by atoms with Gasteiger partial charge in [0.05, 0.1) is 5.75 Å². The van der Waals surface area contributed by atoms with E-state index >= 15 is 0 Å². The number of nitrogens with zero attached hydrogens (tertiary/aromatic N) is 2. The molecule has 100 valence electrons. The third-order valence-electron chi connectivity index (χ3n) is 3.45. The second kappa shape index (κ2) is 7.46. The van der Waals surface area contributed by atoms with Crippen molar-refractivity contribution in [1.29, 1.82) is 0 Å². The fourth-order valence-electron chi connectivity index (χ4n) is 2.53. The smallest absolute Gasteiger partial charge is 0.232 e. The Bertz CT molecular complexity index is 249.